The minimum absolute atomic E-state index is 0.0815. The molecule has 182 valence electrons. The second-order valence-corrected chi connectivity index (χ2v) is 10.4. The van der Waals surface area contributed by atoms with Gasteiger partial charge in [0, 0.05) is 39.5 Å². The molecule has 0 aliphatic carbocycles. The average molecular weight is 562 g/mol. The molecule has 6 rings (SSSR count). The first kappa shape index (κ1) is 23.1. The SMILES string of the molecule is Cc1cc(N2C(=S)N[C@H](c3ccccn3)[C@H]2c2cc(C)n(-c3ccc4c(c3)OCO4)c2C)ccc1Br. The van der Waals surface area contributed by atoms with E-state index in [4.69, 9.17) is 26.7 Å². The number of benzene rings is 2. The van der Waals surface area contributed by atoms with Crippen molar-refractivity contribution < 1.29 is 9.47 Å². The summed E-state index contributed by atoms with van der Waals surface area (Å²) in [5, 5.41) is 4.25. The van der Waals surface area contributed by atoms with E-state index < -0.39 is 0 Å². The first-order chi connectivity index (χ1) is 17.4. The molecule has 1 saturated heterocycles. The van der Waals surface area contributed by atoms with Crippen LogP contribution in [0.1, 0.15) is 40.3 Å². The van der Waals surface area contributed by atoms with Gasteiger partial charge < -0.3 is 24.3 Å². The molecule has 2 aliphatic heterocycles. The number of hydrogen-bond donors (Lipinski definition) is 1. The Labute approximate surface area is 224 Å². The first-order valence-electron chi connectivity index (χ1n) is 11.8. The average Bonchev–Trinajstić information content (AvgIpc) is 3.56. The number of halogens is 1. The molecule has 4 heterocycles. The number of aryl methyl sites for hydroxylation is 2. The Hall–Kier alpha value is -3.36. The van der Waals surface area contributed by atoms with E-state index >= 15 is 0 Å². The minimum Gasteiger partial charge on any atom is -0.454 e. The molecular formula is C28H25BrN4O2S. The van der Waals surface area contributed by atoms with Crippen molar-refractivity contribution in [2.45, 2.75) is 32.9 Å². The number of hydrogen-bond acceptors (Lipinski definition) is 4. The molecule has 2 aromatic carbocycles. The van der Waals surface area contributed by atoms with Crippen LogP contribution in [0.25, 0.3) is 5.69 Å². The highest BCUT2D eigenvalue weighted by atomic mass is 79.9. The van der Waals surface area contributed by atoms with Gasteiger partial charge in [-0.05, 0) is 92.6 Å². The maximum Gasteiger partial charge on any atom is 0.231 e. The van der Waals surface area contributed by atoms with Crippen LogP contribution in [0.2, 0.25) is 0 Å². The van der Waals surface area contributed by atoms with Crippen molar-refractivity contribution >= 4 is 38.9 Å². The summed E-state index contributed by atoms with van der Waals surface area (Å²) in [7, 11) is 0. The summed E-state index contributed by atoms with van der Waals surface area (Å²) in [5.74, 6) is 1.54. The predicted octanol–water partition coefficient (Wildman–Crippen LogP) is 6.47. The molecule has 0 saturated carbocycles. The van der Waals surface area contributed by atoms with Gasteiger partial charge in [0.1, 0.15) is 0 Å². The van der Waals surface area contributed by atoms with Gasteiger partial charge in [0.05, 0.1) is 17.8 Å². The number of fused-ring (bicyclic) bond motifs is 1. The van der Waals surface area contributed by atoms with Gasteiger partial charge in [-0.3, -0.25) is 4.98 Å². The third kappa shape index (κ3) is 3.76. The minimum atomic E-state index is -0.103. The number of anilines is 1. The van der Waals surface area contributed by atoms with Crippen molar-refractivity contribution in [1.29, 1.82) is 0 Å². The van der Waals surface area contributed by atoms with Crippen LogP contribution in [0.15, 0.2) is 71.3 Å². The van der Waals surface area contributed by atoms with Crippen molar-refractivity contribution in [2.75, 3.05) is 11.7 Å². The lowest BCUT2D eigenvalue weighted by Gasteiger charge is -2.28. The van der Waals surface area contributed by atoms with Crippen molar-refractivity contribution in [3.8, 4) is 17.2 Å². The second kappa shape index (κ2) is 8.94. The first-order valence-corrected chi connectivity index (χ1v) is 13.0. The summed E-state index contributed by atoms with van der Waals surface area (Å²) in [6, 6.07) is 20.5. The smallest absolute Gasteiger partial charge is 0.231 e. The van der Waals surface area contributed by atoms with Gasteiger partial charge in [0.2, 0.25) is 6.79 Å². The number of pyridine rings is 1. The fourth-order valence-electron chi connectivity index (χ4n) is 5.24. The van der Waals surface area contributed by atoms with E-state index in [0.29, 0.717) is 5.11 Å². The molecule has 2 aromatic heterocycles. The van der Waals surface area contributed by atoms with Crippen LogP contribution in [-0.4, -0.2) is 21.5 Å². The molecule has 2 aliphatic rings. The van der Waals surface area contributed by atoms with Gasteiger partial charge in [-0.2, -0.15) is 0 Å². The lowest BCUT2D eigenvalue weighted by atomic mass is 9.96. The van der Waals surface area contributed by atoms with E-state index in [1.165, 1.54) is 5.56 Å². The summed E-state index contributed by atoms with van der Waals surface area (Å²) < 4.78 is 14.5. The normalized spacial score (nSPS) is 18.6. The predicted molar refractivity (Wildman–Crippen MR) is 148 cm³/mol. The van der Waals surface area contributed by atoms with Crippen molar-refractivity contribution in [1.82, 2.24) is 14.9 Å². The lowest BCUT2D eigenvalue weighted by Crippen LogP contribution is -2.29. The van der Waals surface area contributed by atoms with Crippen LogP contribution in [0, 0.1) is 20.8 Å². The third-order valence-electron chi connectivity index (χ3n) is 6.92. The Morgan fingerprint density at radius 2 is 1.78 bits per heavy atom. The summed E-state index contributed by atoms with van der Waals surface area (Å²) in [6.07, 6.45) is 1.83. The second-order valence-electron chi connectivity index (χ2n) is 9.13. The zero-order valence-corrected chi connectivity index (χ0v) is 22.6. The monoisotopic (exact) mass is 560 g/mol. The summed E-state index contributed by atoms with van der Waals surface area (Å²) >= 11 is 9.56. The standard InChI is InChI=1S/C28H25BrN4O2S/c1-16-12-19(7-9-22(16)29)33-27(26(31-28(33)36)23-6-4-5-11-30-23)21-13-17(2)32(18(21)3)20-8-10-24-25(14-20)35-15-34-24/h4-14,26-27H,15H2,1-3H3,(H,31,36)/t26-,27-/m1/s1. The van der Waals surface area contributed by atoms with Crippen molar-refractivity contribution in [3.63, 3.8) is 0 Å². The number of nitrogens with zero attached hydrogens (tertiary/aromatic N) is 3. The molecular weight excluding hydrogens is 536 g/mol. The Morgan fingerprint density at radius 3 is 2.56 bits per heavy atom. The molecule has 6 nitrogen and oxygen atoms in total. The molecule has 0 amide bonds. The van der Waals surface area contributed by atoms with E-state index in [1.54, 1.807) is 0 Å². The summed E-state index contributed by atoms with van der Waals surface area (Å²) in [4.78, 5) is 6.92. The molecule has 1 fully saturated rings. The fraction of sp³-hybridized carbons (Fsp3) is 0.214. The topological polar surface area (TPSA) is 51.6 Å². The highest BCUT2D eigenvalue weighted by Gasteiger charge is 2.42. The lowest BCUT2D eigenvalue weighted by molar-refractivity contribution is 0.174. The Kier molecular flexibility index (Phi) is 5.73. The van der Waals surface area contributed by atoms with E-state index in [0.717, 1.165) is 50.0 Å². The van der Waals surface area contributed by atoms with Crippen LogP contribution in [-0.2, 0) is 0 Å². The quantitative estimate of drug-likeness (QED) is 0.289. The third-order valence-corrected chi connectivity index (χ3v) is 8.13. The van der Waals surface area contributed by atoms with Crippen molar-refractivity contribution in [3.05, 3.63) is 99.5 Å². The van der Waals surface area contributed by atoms with Gasteiger partial charge in [0.15, 0.2) is 16.6 Å². The molecule has 0 spiro atoms. The van der Waals surface area contributed by atoms with E-state index in [1.807, 2.05) is 30.5 Å². The number of aromatic nitrogens is 2. The Balaban J connectivity index is 1.50. The van der Waals surface area contributed by atoms with Gasteiger partial charge in [-0.15, -0.1) is 0 Å². The van der Waals surface area contributed by atoms with Gasteiger partial charge in [0.25, 0.3) is 0 Å². The number of ether oxygens (including phenoxy) is 2. The highest BCUT2D eigenvalue weighted by molar-refractivity contribution is 9.10. The zero-order chi connectivity index (χ0) is 25.0. The van der Waals surface area contributed by atoms with E-state index in [2.05, 4.69) is 87.9 Å². The molecule has 0 radical (unpaired) electrons. The Bertz CT molecular complexity index is 1490. The van der Waals surface area contributed by atoms with E-state index in [9.17, 15) is 0 Å². The fourth-order valence-corrected chi connectivity index (χ4v) is 5.83. The summed E-state index contributed by atoms with van der Waals surface area (Å²) in [6.45, 7) is 6.64. The van der Waals surface area contributed by atoms with Gasteiger partial charge in [-0.1, -0.05) is 22.0 Å². The number of nitrogens with one attached hydrogen (secondary N) is 1. The maximum atomic E-state index is 5.92. The largest absolute Gasteiger partial charge is 0.454 e. The molecule has 0 unspecified atom stereocenters. The van der Waals surface area contributed by atoms with Crippen LogP contribution in [0.3, 0.4) is 0 Å². The highest BCUT2D eigenvalue weighted by Crippen LogP contribution is 2.44. The van der Waals surface area contributed by atoms with Gasteiger partial charge in [-0.25, -0.2) is 0 Å². The molecule has 0 bridgehead atoms. The molecule has 4 aromatic rings. The number of thiocarbonyl (C=S) groups is 1. The van der Waals surface area contributed by atoms with Crippen LogP contribution in [0.4, 0.5) is 5.69 Å². The summed E-state index contributed by atoms with van der Waals surface area (Å²) in [5.41, 5.74) is 7.65. The Morgan fingerprint density at radius 1 is 0.972 bits per heavy atom. The zero-order valence-electron chi connectivity index (χ0n) is 20.2. The van der Waals surface area contributed by atoms with E-state index in [-0.39, 0.29) is 18.9 Å². The molecule has 2 atom stereocenters. The van der Waals surface area contributed by atoms with Crippen LogP contribution >= 0.6 is 28.1 Å². The van der Waals surface area contributed by atoms with Crippen LogP contribution in [0.5, 0.6) is 11.5 Å². The molecule has 1 N–H and O–H groups in total. The molecule has 8 heteroatoms. The maximum absolute atomic E-state index is 5.92. The van der Waals surface area contributed by atoms with Crippen LogP contribution < -0.4 is 19.7 Å². The van der Waals surface area contributed by atoms with Gasteiger partial charge >= 0.3 is 0 Å². The van der Waals surface area contributed by atoms with Crippen molar-refractivity contribution in [2.24, 2.45) is 0 Å². The number of rotatable bonds is 4. The molecule has 36 heavy (non-hydrogen) atoms.